The van der Waals surface area contributed by atoms with Crippen molar-refractivity contribution >= 4 is 85.5 Å². The van der Waals surface area contributed by atoms with Crippen LogP contribution in [0.5, 0.6) is 0 Å². The Hall–Kier alpha value is -2.84. The van der Waals surface area contributed by atoms with Crippen LogP contribution in [-0.4, -0.2) is 17.7 Å². The van der Waals surface area contributed by atoms with Crippen LogP contribution >= 0.6 is 50.7 Å². The van der Waals surface area contributed by atoms with Crippen LogP contribution in [0.15, 0.2) is 81.9 Å². The molecule has 6 nitrogen and oxygen atoms in total. The molecule has 0 atom stereocenters. The normalized spacial score (nSPS) is 13.5. The van der Waals surface area contributed by atoms with Gasteiger partial charge in [0.25, 0.3) is 17.7 Å². The van der Waals surface area contributed by atoms with Gasteiger partial charge in [0, 0.05) is 21.4 Å². The summed E-state index contributed by atoms with van der Waals surface area (Å²) >= 11 is 21.4. The molecule has 0 saturated heterocycles. The van der Waals surface area contributed by atoms with Crippen LogP contribution in [0.25, 0.3) is 0 Å². The quantitative estimate of drug-likeness (QED) is 0.349. The Labute approximate surface area is 212 Å². The minimum absolute atomic E-state index is 0.0835. The van der Waals surface area contributed by atoms with Crippen molar-refractivity contribution < 1.29 is 14.4 Å². The van der Waals surface area contributed by atoms with E-state index in [1.54, 1.807) is 36.4 Å². The van der Waals surface area contributed by atoms with Crippen molar-refractivity contribution in [1.29, 1.82) is 0 Å². The minimum Gasteiger partial charge on any atom is -0.350 e. The van der Waals surface area contributed by atoms with Crippen molar-refractivity contribution in [2.75, 3.05) is 15.5 Å². The first-order valence-corrected chi connectivity index (χ1v) is 11.3. The largest absolute Gasteiger partial charge is 0.350 e. The van der Waals surface area contributed by atoms with Crippen LogP contribution in [0, 0.1) is 0 Å². The standard InChI is InChI=1S/C23H13BrCl3N3O3/c24-13-3-7-15(8-4-13)29-21(31)12-1-5-14(6-2-12)28-20-19(27)22(32)30(23(20)33)16-9-10-17(25)18(26)11-16/h1-11,28H,(H,29,31). The van der Waals surface area contributed by atoms with Gasteiger partial charge in [-0.1, -0.05) is 50.7 Å². The van der Waals surface area contributed by atoms with Crippen LogP contribution < -0.4 is 15.5 Å². The number of amides is 3. The van der Waals surface area contributed by atoms with Gasteiger partial charge in [0.05, 0.1) is 15.7 Å². The fraction of sp³-hybridized carbons (Fsp3) is 0. The molecule has 2 N–H and O–H groups in total. The van der Waals surface area contributed by atoms with Gasteiger partial charge < -0.3 is 10.6 Å². The number of nitrogens with zero attached hydrogens (tertiary/aromatic N) is 1. The lowest BCUT2D eigenvalue weighted by Gasteiger charge is -2.15. The van der Waals surface area contributed by atoms with E-state index in [0.29, 0.717) is 22.0 Å². The summed E-state index contributed by atoms with van der Waals surface area (Å²) < 4.78 is 0.904. The highest BCUT2D eigenvalue weighted by molar-refractivity contribution is 9.10. The number of imide groups is 1. The first kappa shape index (κ1) is 23.3. The Morgan fingerprint density at radius 2 is 1.42 bits per heavy atom. The average molecular weight is 566 g/mol. The van der Waals surface area contributed by atoms with Crippen molar-refractivity contribution in [2.45, 2.75) is 0 Å². The van der Waals surface area contributed by atoms with Gasteiger partial charge in [0.1, 0.15) is 10.7 Å². The van der Waals surface area contributed by atoms with E-state index in [4.69, 9.17) is 34.8 Å². The molecule has 0 radical (unpaired) electrons. The number of hydrogen-bond acceptors (Lipinski definition) is 4. The summed E-state index contributed by atoms with van der Waals surface area (Å²) in [5.41, 5.74) is 1.70. The molecule has 33 heavy (non-hydrogen) atoms. The van der Waals surface area contributed by atoms with Gasteiger partial charge in [-0.15, -0.1) is 0 Å². The number of rotatable bonds is 5. The number of anilines is 3. The third kappa shape index (κ3) is 4.91. The molecule has 1 heterocycles. The van der Waals surface area contributed by atoms with Gasteiger partial charge in [-0.25, -0.2) is 4.90 Å². The second-order valence-corrected chi connectivity index (χ2v) is 9.00. The van der Waals surface area contributed by atoms with Crippen molar-refractivity contribution in [3.63, 3.8) is 0 Å². The molecular weight excluding hydrogens is 553 g/mol. The highest BCUT2D eigenvalue weighted by Crippen LogP contribution is 2.33. The lowest BCUT2D eigenvalue weighted by atomic mass is 10.2. The third-order valence-electron chi connectivity index (χ3n) is 4.71. The third-order valence-corrected chi connectivity index (χ3v) is 6.33. The zero-order valence-electron chi connectivity index (χ0n) is 16.5. The summed E-state index contributed by atoms with van der Waals surface area (Å²) in [6.07, 6.45) is 0. The van der Waals surface area contributed by atoms with Gasteiger partial charge >= 0.3 is 0 Å². The van der Waals surface area contributed by atoms with E-state index in [9.17, 15) is 14.4 Å². The predicted molar refractivity (Wildman–Crippen MR) is 134 cm³/mol. The van der Waals surface area contributed by atoms with Gasteiger partial charge in [0.2, 0.25) is 0 Å². The molecule has 0 aliphatic carbocycles. The molecule has 0 fully saturated rings. The summed E-state index contributed by atoms with van der Waals surface area (Å²) in [5, 5.41) is 5.88. The molecule has 0 unspecified atom stereocenters. The zero-order valence-corrected chi connectivity index (χ0v) is 20.4. The molecule has 3 aromatic rings. The monoisotopic (exact) mass is 563 g/mol. The Bertz CT molecular complexity index is 1310. The highest BCUT2D eigenvalue weighted by Gasteiger charge is 2.39. The molecule has 1 aliphatic rings. The fourth-order valence-corrected chi connectivity index (χ4v) is 3.83. The minimum atomic E-state index is -0.687. The molecule has 166 valence electrons. The Morgan fingerprint density at radius 1 is 0.788 bits per heavy atom. The molecule has 4 rings (SSSR count). The second-order valence-electron chi connectivity index (χ2n) is 6.90. The predicted octanol–water partition coefficient (Wildman–Crippen LogP) is 6.44. The number of hydrogen-bond donors (Lipinski definition) is 2. The molecule has 0 saturated carbocycles. The summed E-state index contributed by atoms with van der Waals surface area (Å²) in [6, 6.07) is 18.0. The molecular formula is C23H13BrCl3N3O3. The Kier molecular flexibility index (Phi) is 6.76. The number of nitrogens with one attached hydrogen (secondary N) is 2. The summed E-state index contributed by atoms with van der Waals surface area (Å²) in [4.78, 5) is 38.8. The van der Waals surface area contributed by atoms with E-state index >= 15 is 0 Å². The van der Waals surface area contributed by atoms with E-state index in [1.165, 1.54) is 18.2 Å². The Balaban J connectivity index is 1.48. The van der Waals surface area contributed by atoms with E-state index < -0.39 is 11.8 Å². The van der Waals surface area contributed by atoms with Gasteiger partial charge in [-0.3, -0.25) is 14.4 Å². The lowest BCUT2D eigenvalue weighted by molar-refractivity contribution is -0.120. The van der Waals surface area contributed by atoms with E-state index in [-0.39, 0.29) is 27.3 Å². The number of carbonyl (C=O) groups excluding carboxylic acids is 3. The molecule has 3 aromatic carbocycles. The van der Waals surface area contributed by atoms with Gasteiger partial charge in [-0.05, 0) is 66.7 Å². The van der Waals surface area contributed by atoms with E-state index in [1.807, 2.05) is 12.1 Å². The van der Waals surface area contributed by atoms with Crippen molar-refractivity contribution in [3.05, 3.63) is 97.5 Å². The molecule has 0 aromatic heterocycles. The lowest BCUT2D eigenvalue weighted by Crippen LogP contribution is -2.32. The second kappa shape index (κ2) is 9.57. The summed E-state index contributed by atoms with van der Waals surface area (Å²) in [7, 11) is 0. The molecule has 10 heteroatoms. The number of carbonyl (C=O) groups is 3. The fourth-order valence-electron chi connectivity index (χ4n) is 3.06. The summed E-state index contributed by atoms with van der Waals surface area (Å²) in [6.45, 7) is 0. The first-order valence-electron chi connectivity index (χ1n) is 9.42. The molecule has 0 bridgehead atoms. The Morgan fingerprint density at radius 3 is 2.06 bits per heavy atom. The van der Waals surface area contributed by atoms with Crippen molar-refractivity contribution in [2.24, 2.45) is 0 Å². The molecule has 0 spiro atoms. The number of benzene rings is 3. The highest BCUT2D eigenvalue weighted by atomic mass is 79.9. The van der Waals surface area contributed by atoms with E-state index in [2.05, 4.69) is 26.6 Å². The van der Waals surface area contributed by atoms with Gasteiger partial charge in [0.15, 0.2) is 0 Å². The SMILES string of the molecule is O=C(Nc1ccc(Br)cc1)c1ccc(NC2=C(Cl)C(=O)N(c3ccc(Cl)c(Cl)c3)C2=O)cc1. The summed E-state index contributed by atoms with van der Waals surface area (Å²) in [5.74, 6) is -1.62. The average Bonchev–Trinajstić information content (AvgIpc) is 3.01. The maximum absolute atomic E-state index is 12.9. The van der Waals surface area contributed by atoms with Crippen LogP contribution in [0.4, 0.5) is 17.1 Å². The van der Waals surface area contributed by atoms with Crippen molar-refractivity contribution in [1.82, 2.24) is 0 Å². The first-order chi connectivity index (χ1) is 15.7. The van der Waals surface area contributed by atoms with Crippen LogP contribution in [0.1, 0.15) is 10.4 Å². The smallest absolute Gasteiger partial charge is 0.283 e. The van der Waals surface area contributed by atoms with Crippen LogP contribution in [-0.2, 0) is 9.59 Å². The van der Waals surface area contributed by atoms with E-state index in [0.717, 1.165) is 9.37 Å². The zero-order chi connectivity index (χ0) is 23.7. The van der Waals surface area contributed by atoms with Gasteiger partial charge in [-0.2, -0.15) is 0 Å². The van der Waals surface area contributed by atoms with Crippen LogP contribution in [0.2, 0.25) is 10.0 Å². The van der Waals surface area contributed by atoms with Crippen molar-refractivity contribution in [3.8, 4) is 0 Å². The topological polar surface area (TPSA) is 78.5 Å². The molecule has 3 amide bonds. The van der Waals surface area contributed by atoms with Crippen LogP contribution in [0.3, 0.4) is 0 Å². The molecule has 1 aliphatic heterocycles. The maximum atomic E-state index is 12.9. The number of halogens is 4. The maximum Gasteiger partial charge on any atom is 0.283 e.